The highest BCUT2D eigenvalue weighted by atomic mass is 16.4. The van der Waals surface area contributed by atoms with Crippen LogP contribution < -0.4 is 10.6 Å². The van der Waals surface area contributed by atoms with Crippen LogP contribution in [-0.2, 0) is 28.8 Å². The predicted molar refractivity (Wildman–Crippen MR) is 128 cm³/mol. The number of imide groups is 1. The molecular formula is C24H26N4O8. The third-order valence-electron chi connectivity index (χ3n) is 4.87. The summed E-state index contributed by atoms with van der Waals surface area (Å²) in [6, 6.07) is 2.95. The molecule has 0 radical (unpaired) electrons. The van der Waals surface area contributed by atoms with Gasteiger partial charge in [-0.25, -0.2) is 14.6 Å². The number of carbonyl (C=O) groups is 6. The maximum Gasteiger partial charge on any atom is 0.328 e. The number of carbonyl (C=O) groups excluding carboxylic acids is 4. The standard InChI is InChI=1S/C24H26N4O8/c29-18(4-2-1-3-15-28-20(31)9-10-21(28)32)25-14-13-19(30)27-24-16(6-11-22(33)34)5-7-17(26-24)8-12-23(35)36/h5-12H,1-4,13-15H2,(H,25,29)(H,33,34)(H,35,36)(H,26,27,30)/b11-6+,12-8+. The molecule has 2 heterocycles. The Labute approximate surface area is 206 Å². The Bertz CT molecular complexity index is 1110. The molecule has 12 heteroatoms. The van der Waals surface area contributed by atoms with Crippen LogP contribution in [0, 0.1) is 0 Å². The lowest BCUT2D eigenvalue weighted by Crippen LogP contribution is -2.31. The fourth-order valence-electron chi connectivity index (χ4n) is 3.11. The minimum Gasteiger partial charge on any atom is -0.478 e. The predicted octanol–water partition coefficient (Wildman–Crippen LogP) is 1.21. The molecule has 0 bridgehead atoms. The van der Waals surface area contributed by atoms with E-state index in [9.17, 15) is 28.8 Å². The summed E-state index contributed by atoms with van der Waals surface area (Å²) in [5, 5.41) is 22.8. The second-order valence-electron chi connectivity index (χ2n) is 7.64. The molecule has 0 saturated carbocycles. The van der Waals surface area contributed by atoms with E-state index in [0.717, 1.165) is 17.1 Å². The van der Waals surface area contributed by atoms with Gasteiger partial charge in [-0.2, -0.15) is 0 Å². The molecular weight excluding hydrogens is 472 g/mol. The second kappa shape index (κ2) is 13.9. The highest BCUT2D eigenvalue weighted by molar-refractivity contribution is 6.12. The first-order chi connectivity index (χ1) is 17.2. The fourth-order valence-corrected chi connectivity index (χ4v) is 3.11. The van der Waals surface area contributed by atoms with E-state index in [1.54, 1.807) is 0 Å². The molecule has 12 nitrogen and oxygen atoms in total. The Balaban J connectivity index is 1.77. The van der Waals surface area contributed by atoms with Crippen LogP contribution in [0.2, 0.25) is 0 Å². The first-order valence-electron chi connectivity index (χ1n) is 11.1. The summed E-state index contributed by atoms with van der Waals surface area (Å²) >= 11 is 0. The normalized spacial score (nSPS) is 13.1. The van der Waals surface area contributed by atoms with Crippen molar-refractivity contribution in [3.63, 3.8) is 0 Å². The Morgan fingerprint density at radius 3 is 2.19 bits per heavy atom. The zero-order chi connectivity index (χ0) is 26.5. The molecule has 0 fully saturated rings. The number of unbranched alkanes of at least 4 members (excludes halogenated alkanes) is 2. The van der Waals surface area contributed by atoms with Crippen LogP contribution in [0.25, 0.3) is 12.2 Å². The number of anilines is 1. The van der Waals surface area contributed by atoms with Crippen LogP contribution in [0.4, 0.5) is 5.82 Å². The number of aliphatic carboxylic acids is 2. The number of amides is 4. The average molecular weight is 498 g/mol. The van der Waals surface area contributed by atoms with Gasteiger partial charge < -0.3 is 20.8 Å². The van der Waals surface area contributed by atoms with Gasteiger partial charge >= 0.3 is 11.9 Å². The number of carboxylic acid groups (broad SMARTS) is 2. The topological polar surface area (TPSA) is 183 Å². The highest BCUT2D eigenvalue weighted by Crippen LogP contribution is 2.17. The fraction of sp³-hybridized carbons (Fsp3) is 0.292. The molecule has 2 rings (SSSR count). The van der Waals surface area contributed by atoms with Crippen LogP contribution in [0.3, 0.4) is 0 Å². The summed E-state index contributed by atoms with van der Waals surface area (Å²) in [7, 11) is 0. The molecule has 0 spiro atoms. The van der Waals surface area contributed by atoms with Crippen molar-refractivity contribution in [1.29, 1.82) is 0 Å². The number of rotatable bonds is 14. The van der Waals surface area contributed by atoms with Gasteiger partial charge in [0.1, 0.15) is 5.82 Å². The Kier molecular flexibility index (Phi) is 10.7. The van der Waals surface area contributed by atoms with Crippen molar-refractivity contribution in [3.05, 3.63) is 47.7 Å². The van der Waals surface area contributed by atoms with E-state index >= 15 is 0 Å². The Morgan fingerprint density at radius 1 is 0.861 bits per heavy atom. The number of carboxylic acids is 2. The van der Waals surface area contributed by atoms with E-state index in [1.807, 2.05) is 0 Å². The van der Waals surface area contributed by atoms with Gasteiger partial charge in [-0.05, 0) is 37.1 Å². The number of nitrogens with one attached hydrogen (secondary N) is 2. The number of hydrogen-bond donors (Lipinski definition) is 4. The maximum absolute atomic E-state index is 12.3. The van der Waals surface area contributed by atoms with Crippen molar-refractivity contribution >= 4 is 53.5 Å². The van der Waals surface area contributed by atoms with Crippen molar-refractivity contribution in [3.8, 4) is 0 Å². The van der Waals surface area contributed by atoms with Crippen LogP contribution in [0.1, 0.15) is 43.4 Å². The largest absolute Gasteiger partial charge is 0.478 e. The number of nitrogens with zero attached hydrogens (tertiary/aromatic N) is 2. The summed E-state index contributed by atoms with van der Waals surface area (Å²) in [6.45, 7) is 0.365. The van der Waals surface area contributed by atoms with Gasteiger partial charge in [0.05, 0.1) is 5.69 Å². The lowest BCUT2D eigenvalue weighted by Gasteiger charge is -2.13. The third-order valence-corrected chi connectivity index (χ3v) is 4.87. The smallest absolute Gasteiger partial charge is 0.328 e. The van der Waals surface area contributed by atoms with Gasteiger partial charge in [-0.1, -0.05) is 6.42 Å². The van der Waals surface area contributed by atoms with Crippen LogP contribution in [-0.4, -0.2) is 68.8 Å². The van der Waals surface area contributed by atoms with E-state index in [1.165, 1.54) is 36.4 Å². The SMILES string of the molecule is O=C(O)/C=C/c1ccc(/C=C/C(=O)O)c(NC(=O)CCNC(=O)CCCCCN2C(=O)C=CC2=O)n1. The maximum atomic E-state index is 12.3. The van der Waals surface area contributed by atoms with Crippen molar-refractivity contribution in [1.82, 2.24) is 15.2 Å². The molecule has 0 unspecified atom stereocenters. The molecule has 1 aromatic rings. The number of hydrogen-bond acceptors (Lipinski definition) is 7. The van der Waals surface area contributed by atoms with Crippen molar-refractivity contribution in [2.45, 2.75) is 32.1 Å². The van der Waals surface area contributed by atoms with Gasteiger partial charge in [-0.3, -0.25) is 24.1 Å². The quantitative estimate of drug-likeness (QED) is 0.166. The first-order valence-corrected chi connectivity index (χ1v) is 11.1. The summed E-state index contributed by atoms with van der Waals surface area (Å²) in [6.07, 6.45) is 8.60. The lowest BCUT2D eigenvalue weighted by molar-refractivity contribution is -0.137. The molecule has 36 heavy (non-hydrogen) atoms. The van der Waals surface area contributed by atoms with Gasteiger partial charge in [0.15, 0.2) is 0 Å². The molecule has 0 atom stereocenters. The van der Waals surface area contributed by atoms with Crippen molar-refractivity contribution in [2.24, 2.45) is 0 Å². The molecule has 4 amide bonds. The summed E-state index contributed by atoms with van der Waals surface area (Å²) in [5.41, 5.74) is 0.540. The van der Waals surface area contributed by atoms with E-state index < -0.39 is 17.8 Å². The van der Waals surface area contributed by atoms with Crippen molar-refractivity contribution < 1.29 is 39.0 Å². The zero-order valence-electron chi connectivity index (χ0n) is 19.3. The Morgan fingerprint density at radius 2 is 1.53 bits per heavy atom. The molecule has 1 aliphatic heterocycles. The van der Waals surface area contributed by atoms with Gasteiger partial charge in [-0.15, -0.1) is 0 Å². The van der Waals surface area contributed by atoms with E-state index in [2.05, 4.69) is 15.6 Å². The molecule has 0 aliphatic carbocycles. The van der Waals surface area contributed by atoms with Gasteiger partial charge in [0.25, 0.3) is 11.8 Å². The number of aromatic nitrogens is 1. The minimum atomic E-state index is -1.19. The molecule has 0 saturated heterocycles. The van der Waals surface area contributed by atoms with Crippen LogP contribution in [0.5, 0.6) is 0 Å². The Hall–Kier alpha value is -4.61. The van der Waals surface area contributed by atoms with E-state index in [4.69, 9.17) is 10.2 Å². The monoisotopic (exact) mass is 498 g/mol. The average Bonchev–Trinajstić information content (AvgIpc) is 3.13. The van der Waals surface area contributed by atoms with Crippen LogP contribution in [0.15, 0.2) is 36.4 Å². The summed E-state index contributed by atoms with van der Waals surface area (Å²) in [4.78, 5) is 74.0. The molecule has 4 N–H and O–H groups in total. The zero-order valence-corrected chi connectivity index (χ0v) is 19.3. The van der Waals surface area contributed by atoms with Crippen LogP contribution >= 0.6 is 0 Å². The van der Waals surface area contributed by atoms with Gasteiger partial charge in [0, 0.05) is 55.8 Å². The first kappa shape index (κ1) is 27.6. The molecule has 1 aliphatic rings. The lowest BCUT2D eigenvalue weighted by atomic mass is 10.2. The minimum absolute atomic E-state index is 0.0431. The van der Waals surface area contributed by atoms with E-state index in [0.29, 0.717) is 31.4 Å². The van der Waals surface area contributed by atoms with Crippen molar-refractivity contribution in [2.75, 3.05) is 18.4 Å². The summed E-state index contributed by atoms with van der Waals surface area (Å²) < 4.78 is 0. The molecule has 190 valence electrons. The highest BCUT2D eigenvalue weighted by Gasteiger charge is 2.22. The van der Waals surface area contributed by atoms with Gasteiger partial charge in [0.2, 0.25) is 11.8 Å². The third kappa shape index (κ3) is 9.71. The summed E-state index contributed by atoms with van der Waals surface area (Å²) in [5.74, 6) is -3.73. The molecule has 0 aromatic carbocycles. The van der Waals surface area contributed by atoms with E-state index in [-0.39, 0.29) is 48.6 Å². The number of pyridine rings is 1. The second-order valence-corrected chi connectivity index (χ2v) is 7.64. The molecule has 1 aromatic heterocycles.